The minimum absolute atomic E-state index is 0.0466. The van der Waals surface area contributed by atoms with Crippen LogP contribution in [-0.4, -0.2) is 49.3 Å². The Morgan fingerprint density at radius 3 is 2.40 bits per heavy atom. The summed E-state index contributed by atoms with van der Waals surface area (Å²) < 4.78 is 12.0. The number of allylic oxidation sites excluding steroid dienone is 1. The van der Waals surface area contributed by atoms with Crippen LogP contribution in [0.4, 0.5) is 0 Å². The second-order valence-corrected chi connectivity index (χ2v) is 22.4. The van der Waals surface area contributed by atoms with E-state index >= 15 is 0 Å². The number of nitrogens with zero attached hydrogens (tertiary/aromatic N) is 1. The number of fused-ring (bicyclic) bond motifs is 1. The first-order valence-corrected chi connectivity index (χ1v) is 18.5. The molecule has 2 unspecified atom stereocenters. The number of carbonyl (C=O) groups excluding carboxylic acids is 2. The molecule has 1 saturated heterocycles. The first-order chi connectivity index (χ1) is 11.8. The molecule has 134 valence electrons. The number of carbonyl (C=O) groups is 2. The van der Waals surface area contributed by atoms with E-state index in [2.05, 4.69) is 20.9 Å². The predicted molar refractivity (Wildman–Crippen MR) is 98.1 cm³/mol. The molecular formula is C19H25NO4Sn. The van der Waals surface area contributed by atoms with Crippen molar-refractivity contribution in [2.24, 2.45) is 11.8 Å². The summed E-state index contributed by atoms with van der Waals surface area (Å²) in [5.74, 6) is 0.735. The summed E-state index contributed by atoms with van der Waals surface area (Å²) in [5, 5.41) is 0. The second-order valence-electron chi connectivity index (χ2n) is 7.72. The summed E-state index contributed by atoms with van der Waals surface area (Å²) in [5.41, 5.74) is 0.809. The molecule has 1 aliphatic heterocycles. The van der Waals surface area contributed by atoms with Gasteiger partial charge in [0.15, 0.2) is 0 Å². The molecule has 3 rings (SSSR count). The van der Waals surface area contributed by atoms with Crippen molar-refractivity contribution in [1.82, 2.24) is 4.90 Å². The standard InChI is InChI=1S/C16H16NO4.3CH3.Sn/c1-20-11-7-6-10(14(8-11)21-2)9-17-15(18)12-4-3-5-13(12)16(17)19;;;;/h4,6-8,12-13H,5,9H2,1-2H3;3*1H3;. The number of ether oxygens (including phenoxy) is 2. The zero-order valence-electron chi connectivity index (χ0n) is 15.5. The number of amides is 2. The van der Waals surface area contributed by atoms with Crippen molar-refractivity contribution in [2.75, 3.05) is 14.2 Å². The average molecular weight is 450 g/mol. The van der Waals surface area contributed by atoms with Crippen LogP contribution in [0.1, 0.15) is 12.0 Å². The number of rotatable bonds is 5. The minimum atomic E-state index is -2.21. The molecule has 0 bridgehead atoms. The summed E-state index contributed by atoms with van der Waals surface area (Å²) in [6, 6.07) is 5.43. The van der Waals surface area contributed by atoms with Gasteiger partial charge in [0.1, 0.15) is 0 Å². The maximum absolute atomic E-state index is 12.8. The number of imide groups is 1. The van der Waals surface area contributed by atoms with Gasteiger partial charge in [-0.3, -0.25) is 0 Å². The normalized spacial score (nSPS) is 22.9. The Morgan fingerprint density at radius 1 is 1.12 bits per heavy atom. The molecular weight excluding hydrogens is 425 g/mol. The van der Waals surface area contributed by atoms with Gasteiger partial charge >= 0.3 is 153 Å². The molecule has 25 heavy (non-hydrogen) atoms. The Morgan fingerprint density at radius 2 is 1.84 bits per heavy atom. The quantitative estimate of drug-likeness (QED) is 0.512. The molecule has 1 aromatic carbocycles. The molecule has 1 aliphatic carbocycles. The van der Waals surface area contributed by atoms with Crippen molar-refractivity contribution < 1.29 is 19.1 Å². The third kappa shape index (κ3) is 3.30. The van der Waals surface area contributed by atoms with E-state index in [0.29, 0.717) is 11.5 Å². The Hall–Kier alpha value is -1.50. The molecule has 5 nitrogen and oxygen atoms in total. The third-order valence-electron chi connectivity index (χ3n) is 5.17. The zero-order chi connectivity index (χ0) is 18.4. The van der Waals surface area contributed by atoms with E-state index in [1.807, 2.05) is 12.1 Å². The van der Waals surface area contributed by atoms with Gasteiger partial charge in [0.25, 0.3) is 0 Å². The predicted octanol–water partition coefficient (Wildman–Crippen LogP) is 3.01. The van der Waals surface area contributed by atoms with Gasteiger partial charge in [-0.05, 0) is 0 Å². The van der Waals surface area contributed by atoms with Gasteiger partial charge in [-0.1, -0.05) is 0 Å². The molecule has 2 atom stereocenters. The fraction of sp³-hybridized carbons (Fsp3) is 0.474. The number of methoxy groups -OCH3 is 2. The van der Waals surface area contributed by atoms with E-state index in [9.17, 15) is 9.59 Å². The Bertz CT molecular complexity index is 750. The van der Waals surface area contributed by atoms with Crippen LogP contribution >= 0.6 is 0 Å². The molecule has 0 radical (unpaired) electrons. The summed E-state index contributed by atoms with van der Waals surface area (Å²) in [4.78, 5) is 34.0. The van der Waals surface area contributed by atoms with E-state index in [1.165, 1.54) is 8.49 Å². The molecule has 0 spiro atoms. The second kappa shape index (κ2) is 6.67. The Balaban J connectivity index is 1.83. The van der Waals surface area contributed by atoms with Crippen molar-refractivity contribution in [2.45, 2.75) is 27.8 Å². The van der Waals surface area contributed by atoms with Gasteiger partial charge in [0.05, 0.1) is 0 Å². The van der Waals surface area contributed by atoms with Crippen LogP contribution < -0.4 is 9.47 Å². The van der Waals surface area contributed by atoms with Crippen LogP contribution in [0.3, 0.4) is 0 Å². The van der Waals surface area contributed by atoms with Crippen molar-refractivity contribution in [3.63, 3.8) is 0 Å². The molecule has 6 heteroatoms. The average Bonchev–Trinajstić information content (AvgIpc) is 3.11. The third-order valence-corrected chi connectivity index (χ3v) is 11.7. The van der Waals surface area contributed by atoms with Gasteiger partial charge < -0.3 is 0 Å². The topological polar surface area (TPSA) is 55.8 Å². The van der Waals surface area contributed by atoms with Gasteiger partial charge in [-0.2, -0.15) is 0 Å². The van der Waals surface area contributed by atoms with Crippen LogP contribution in [0.2, 0.25) is 14.8 Å². The molecule has 1 aromatic rings. The number of likely N-dealkylation sites (tertiary alicyclic amines) is 1. The van der Waals surface area contributed by atoms with E-state index in [0.717, 1.165) is 12.0 Å². The van der Waals surface area contributed by atoms with Crippen LogP contribution in [-0.2, 0) is 16.1 Å². The van der Waals surface area contributed by atoms with Gasteiger partial charge in [-0.25, -0.2) is 0 Å². The fourth-order valence-corrected chi connectivity index (χ4v) is 7.92. The van der Waals surface area contributed by atoms with Crippen molar-refractivity contribution in [3.8, 4) is 11.5 Å². The number of hydrogen-bond donors (Lipinski definition) is 0. The first kappa shape index (κ1) is 18.3. The summed E-state index contributed by atoms with van der Waals surface area (Å²) in [7, 11) is 3.17. The molecule has 2 amide bonds. The first-order valence-electron chi connectivity index (χ1n) is 8.53. The van der Waals surface area contributed by atoms with Crippen molar-refractivity contribution >= 4 is 30.2 Å². The maximum atomic E-state index is 12.8. The summed E-state index contributed by atoms with van der Waals surface area (Å²) in [6.45, 7) is 0.250. The van der Waals surface area contributed by atoms with E-state index in [1.54, 1.807) is 20.3 Å². The van der Waals surface area contributed by atoms with Gasteiger partial charge in [-0.15, -0.1) is 0 Å². The molecule has 1 fully saturated rings. The van der Waals surface area contributed by atoms with Crippen LogP contribution in [0, 0.1) is 11.8 Å². The van der Waals surface area contributed by atoms with Crippen molar-refractivity contribution in [3.05, 3.63) is 33.4 Å². The van der Waals surface area contributed by atoms with E-state index in [-0.39, 0.29) is 30.2 Å². The molecule has 2 aliphatic rings. The number of hydrogen-bond acceptors (Lipinski definition) is 4. The molecule has 1 heterocycles. The molecule has 0 aromatic heterocycles. The summed E-state index contributed by atoms with van der Waals surface area (Å²) >= 11 is -2.21. The SMILES string of the molecule is COc1ccc(CN2C(=O)C3C=[C]([Sn]([CH3])([CH3])[CH3])CC3C2=O)c(OC)c1. The van der Waals surface area contributed by atoms with E-state index < -0.39 is 18.4 Å². The monoisotopic (exact) mass is 451 g/mol. The van der Waals surface area contributed by atoms with Crippen LogP contribution in [0.5, 0.6) is 11.5 Å². The Kier molecular flexibility index (Phi) is 4.88. The van der Waals surface area contributed by atoms with Crippen LogP contribution in [0.25, 0.3) is 0 Å². The summed E-state index contributed by atoms with van der Waals surface area (Å²) in [6.07, 6.45) is 2.87. The Labute approximate surface area is 152 Å². The fourth-order valence-electron chi connectivity index (χ4n) is 3.60. The van der Waals surface area contributed by atoms with Crippen molar-refractivity contribution in [1.29, 1.82) is 0 Å². The van der Waals surface area contributed by atoms with Crippen LogP contribution in [0.15, 0.2) is 27.9 Å². The molecule has 0 saturated carbocycles. The zero-order valence-corrected chi connectivity index (χ0v) is 18.3. The van der Waals surface area contributed by atoms with E-state index in [4.69, 9.17) is 9.47 Å². The van der Waals surface area contributed by atoms with Gasteiger partial charge in [0.2, 0.25) is 0 Å². The van der Waals surface area contributed by atoms with Gasteiger partial charge in [0, 0.05) is 0 Å². The molecule has 0 N–H and O–H groups in total. The number of benzene rings is 1.